The van der Waals surface area contributed by atoms with Crippen LogP contribution in [-0.2, 0) is 0 Å². The lowest BCUT2D eigenvalue weighted by Gasteiger charge is -2.37. The van der Waals surface area contributed by atoms with Crippen molar-refractivity contribution in [3.63, 3.8) is 0 Å². The van der Waals surface area contributed by atoms with E-state index in [1.54, 1.807) is 6.07 Å². The second-order valence-electron chi connectivity index (χ2n) is 5.48. The maximum atomic E-state index is 13.5. The molecule has 1 aromatic carbocycles. The number of likely N-dealkylation sites (tertiary alicyclic amines) is 1. The summed E-state index contributed by atoms with van der Waals surface area (Å²) in [7, 11) is 0. The van der Waals surface area contributed by atoms with Gasteiger partial charge < -0.3 is 15.5 Å². The molecule has 2 rings (SSSR count). The molecule has 1 amide bonds. The summed E-state index contributed by atoms with van der Waals surface area (Å²) in [5.74, 6) is -0.634. The zero-order valence-electron chi connectivity index (χ0n) is 12.8. The van der Waals surface area contributed by atoms with Gasteiger partial charge in [0, 0.05) is 24.7 Å². The first-order valence-corrected chi connectivity index (χ1v) is 7.65. The van der Waals surface area contributed by atoms with E-state index in [2.05, 4.69) is 18.7 Å². The number of hydrogen-bond acceptors (Lipinski definition) is 3. The smallest absolute Gasteiger partial charge is 0.253 e. The SMILES string of the molecule is CCN(CC)C1CCN(C(=O)c2ccc(N)c(F)c2)CC1. The highest BCUT2D eigenvalue weighted by atomic mass is 19.1. The van der Waals surface area contributed by atoms with Crippen LogP contribution >= 0.6 is 0 Å². The summed E-state index contributed by atoms with van der Waals surface area (Å²) in [5.41, 5.74) is 5.90. The summed E-state index contributed by atoms with van der Waals surface area (Å²) in [5, 5.41) is 0. The van der Waals surface area contributed by atoms with Crippen molar-refractivity contribution in [1.29, 1.82) is 0 Å². The largest absolute Gasteiger partial charge is 0.396 e. The second-order valence-corrected chi connectivity index (χ2v) is 5.48. The van der Waals surface area contributed by atoms with Gasteiger partial charge >= 0.3 is 0 Å². The van der Waals surface area contributed by atoms with Gasteiger partial charge in [-0.25, -0.2) is 4.39 Å². The number of nitrogens with two attached hydrogens (primary N) is 1. The van der Waals surface area contributed by atoms with Gasteiger partial charge in [0.05, 0.1) is 5.69 Å². The molecule has 1 saturated heterocycles. The van der Waals surface area contributed by atoms with Crippen LogP contribution in [0.5, 0.6) is 0 Å². The maximum Gasteiger partial charge on any atom is 0.253 e. The van der Waals surface area contributed by atoms with Gasteiger partial charge in [-0.15, -0.1) is 0 Å². The lowest BCUT2D eigenvalue weighted by molar-refractivity contribution is 0.0631. The maximum absolute atomic E-state index is 13.5. The number of carbonyl (C=O) groups is 1. The molecule has 5 heteroatoms. The van der Waals surface area contributed by atoms with Crippen molar-refractivity contribution in [2.45, 2.75) is 32.7 Å². The molecule has 4 nitrogen and oxygen atoms in total. The second kappa shape index (κ2) is 6.89. The highest BCUT2D eigenvalue weighted by Crippen LogP contribution is 2.19. The van der Waals surface area contributed by atoms with Gasteiger partial charge in [0.25, 0.3) is 5.91 Å². The van der Waals surface area contributed by atoms with Crippen LogP contribution in [0.4, 0.5) is 10.1 Å². The van der Waals surface area contributed by atoms with Gasteiger partial charge in [0.2, 0.25) is 0 Å². The van der Waals surface area contributed by atoms with Crippen molar-refractivity contribution in [2.24, 2.45) is 0 Å². The Hall–Kier alpha value is -1.62. The summed E-state index contributed by atoms with van der Waals surface area (Å²) in [6.45, 7) is 7.87. The number of rotatable bonds is 4. The van der Waals surface area contributed by atoms with E-state index in [9.17, 15) is 9.18 Å². The molecule has 0 aromatic heterocycles. The monoisotopic (exact) mass is 293 g/mol. The van der Waals surface area contributed by atoms with Crippen molar-refractivity contribution in [3.8, 4) is 0 Å². The number of anilines is 1. The molecule has 1 aromatic rings. The van der Waals surface area contributed by atoms with Gasteiger partial charge in [-0.2, -0.15) is 0 Å². The minimum absolute atomic E-state index is 0.0757. The molecule has 0 radical (unpaired) electrons. The number of nitrogens with zero attached hydrogens (tertiary/aromatic N) is 2. The van der Waals surface area contributed by atoms with Gasteiger partial charge in [0.15, 0.2) is 0 Å². The predicted octanol–water partition coefficient (Wildman–Crippen LogP) is 2.35. The average molecular weight is 293 g/mol. The Labute approximate surface area is 125 Å². The number of carbonyl (C=O) groups excluding carboxylic acids is 1. The third-order valence-corrected chi connectivity index (χ3v) is 4.33. The number of nitrogen functional groups attached to an aromatic ring is 1. The Kier molecular flexibility index (Phi) is 5.17. The van der Waals surface area contributed by atoms with Crippen LogP contribution in [0.15, 0.2) is 18.2 Å². The highest BCUT2D eigenvalue weighted by Gasteiger charge is 2.26. The van der Waals surface area contributed by atoms with Crippen LogP contribution in [0.1, 0.15) is 37.0 Å². The molecule has 0 spiro atoms. The third kappa shape index (κ3) is 3.53. The van der Waals surface area contributed by atoms with Gasteiger partial charge in [-0.1, -0.05) is 13.8 Å². The van der Waals surface area contributed by atoms with Crippen molar-refractivity contribution in [2.75, 3.05) is 31.9 Å². The van der Waals surface area contributed by atoms with Crippen molar-refractivity contribution in [3.05, 3.63) is 29.6 Å². The Morgan fingerprint density at radius 2 is 1.95 bits per heavy atom. The van der Waals surface area contributed by atoms with Gasteiger partial charge in [0.1, 0.15) is 5.82 Å². The molecule has 21 heavy (non-hydrogen) atoms. The third-order valence-electron chi connectivity index (χ3n) is 4.33. The summed E-state index contributed by atoms with van der Waals surface area (Å²) in [4.78, 5) is 16.6. The minimum Gasteiger partial charge on any atom is -0.396 e. The fourth-order valence-electron chi connectivity index (χ4n) is 3.02. The predicted molar refractivity (Wildman–Crippen MR) is 82.7 cm³/mol. The molecule has 1 aliphatic rings. The van der Waals surface area contributed by atoms with E-state index in [-0.39, 0.29) is 11.6 Å². The van der Waals surface area contributed by atoms with Crippen molar-refractivity contribution in [1.82, 2.24) is 9.80 Å². The summed E-state index contributed by atoms with van der Waals surface area (Å²) in [6.07, 6.45) is 1.95. The topological polar surface area (TPSA) is 49.6 Å². The first-order chi connectivity index (χ1) is 10.1. The minimum atomic E-state index is -0.529. The van der Waals surface area contributed by atoms with Crippen molar-refractivity contribution < 1.29 is 9.18 Å². The van der Waals surface area contributed by atoms with Crippen LogP contribution in [0.3, 0.4) is 0 Å². The van der Waals surface area contributed by atoms with E-state index < -0.39 is 5.82 Å². The van der Waals surface area contributed by atoms with E-state index in [0.29, 0.717) is 11.6 Å². The highest BCUT2D eigenvalue weighted by molar-refractivity contribution is 5.94. The standard InChI is InChI=1S/C16H24FN3O/c1-3-19(4-2)13-7-9-20(10-8-13)16(21)12-5-6-15(18)14(17)11-12/h5-6,11,13H,3-4,7-10,18H2,1-2H3. The number of benzene rings is 1. The van der Waals surface area contributed by atoms with Crippen LogP contribution in [0.25, 0.3) is 0 Å². The summed E-state index contributed by atoms with van der Waals surface area (Å²) >= 11 is 0. The van der Waals surface area contributed by atoms with Crippen LogP contribution in [0.2, 0.25) is 0 Å². The summed E-state index contributed by atoms with van der Waals surface area (Å²) in [6, 6.07) is 4.82. The zero-order chi connectivity index (χ0) is 15.4. The first-order valence-electron chi connectivity index (χ1n) is 7.65. The van der Waals surface area contributed by atoms with E-state index in [0.717, 1.165) is 39.0 Å². The molecule has 0 saturated carbocycles. The zero-order valence-corrected chi connectivity index (χ0v) is 12.8. The Morgan fingerprint density at radius 3 is 2.48 bits per heavy atom. The van der Waals surface area contributed by atoms with Crippen LogP contribution in [-0.4, -0.2) is 47.9 Å². The lowest BCUT2D eigenvalue weighted by atomic mass is 10.0. The van der Waals surface area contributed by atoms with E-state index in [4.69, 9.17) is 5.73 Å². The normalized spacial score (nSPS) is 16.5. The van der Waals surface area contributed by atoms with E-state index in [1.807, 2.05) is 4.90 Å². The van der Waals surface area contributed by atoms with Crippen molar-refractivity contribution >= 4 is 11.6 Å². The van der Waals surface area contributed by atoms with E-state index in [1.165, 1.54) is 12.1 Å². The molecule has 1 aliphatic heterocycles. The molecule has 0 atom stereocenters. The molecule has 116 valence electrons. The Balaban J connectivity index is 1.98. The molecule has 0 aliphatic carbocycles. The van der Waals surface area contributed by atoms with Crippen LogP contribution in [0, 0.1) is 5.82 Å². The molecular weight excluding hydrogens is 269 g/mol. The lowest BCUT2D eigenvalue weighted by Crippen LogP contribution is -2.46. The van der Waals surface area contributed by atoms with Crippen LogP contribution < -0.4 is 5.73 Å². The number of hydrogen-bond donors (Lipinski definition) is 1. The van der Waals surface area contributed by atoms with Gasteiger partial charge in [-0.3, -0.25) is 4.79 Å². The average Bonchev–Trinajstić information content (AvgIpc) is 2.51. The molecule has 0 bridgehead atoms. The fourth-order valence-corrected chi connectivity index (χ4v) is 3.02. The molecule has 0 unspecified atom stereocenters. The summed E-state index contributed by atoms with van der Waals surface area (Å²) < 4.78 is 13.5. The molecule has 1 heterocycles. The Bertz CT molecular complexity index is 494. The number of halogens is 1. The molecule has 1 fully saturated rings. The van der Waals surface area contributed by atoms with Gasteiger partial charge in [-0.05, 0) is 44.1 Å². The fraction of sp³-hybridized carbons (Fsp3) is 0.562. The van der Waals surface area contributed by atoms with E-state index >= 15 is 0 Å². The first kappa shape index (κ1) is 15.8. The molecular formula is C16H24FN3O. The quantitative estimate of drug-likeness (QED) is 0.867. The molecule has 2 N–H and O–H groups in total. The number of amides is 1. The number of piperidine rings is 1. The Morgan fingerprint density at radius 1 is 1.33 bits per heavy atom.